The molecule has 1 aliphatic rings. The van der Waals surface area contributed by atoms with Crippen molar-refractivity contribution < 1.29 is 14.0 Å². The van der Waals surface area contributed by atoms with Gasteiger partial charge in [0.2, 0.25) is 0 Å². The first-order chi connectivity index (χ1) is 5.24. The first-order valence-electron chi connectivity index (χ1n) is 3.12. The Balaban J connectivity index is 2.38. The Bertz CT molecular complexity index is 235. The highest BCUT2D eigenvalue weighted by Gasteiger charge is 2.29. The maximum Gasteiger partial charge on any atom is 0.299 e. The van der Waals surface area contributed by atoms with Gasteiger partial charge in [-0.05, 0) is 5.92 Å². The Labute approximate surface area is 63.2 Å². The van der Waals surface area contributed by atoms with E-state index in [1.807, 2.05) is 5.92 Å². The second-order valence-electron chi connectivity index (χ2n) is 2.19. The zero-order valence-corrected chi connectivity index (χ0v) is 5.71. The van der Waals surface area contributed by atoms with Crippen LogP contribution in [0.5, 0.6) is 0 Å². The molecule has 1 saturated heterocycles. The van der Waals surface area contributed by atoms with Crippen molar-refractivity contribution in [2.45, 2.75) is 6.17 Å². The van der Waals surface area contributed by atoms with Gasteiger partial charge in [0, 0.05) is 5.92 Å². The molecule has 0 aromatic heterocycles. The minimum absolute atomic E-state index is 0.104. The normalized spacial score (nSPS) is 16.3. The largest absolute Gasteiger partial charge is 0.326 e. The molecule has 0 bridgehead atoms. The van der Waals surface area contributed by atoms with Crippen LogP contribution in [0, 0.1) is 11.8 Å². The van der Waals surface area contributed by atoms with Crippen LogP contribution in [0.3, 0.4) is 0 Å². The van der Waals surface area contributed by atoms with Crippen LogP contribution >= 0.6 is 0 Å². The summed E-state index contributed by atoms with van der Waals surface area (Å²) in [5, 5.41) is 0. The molecule has 0 saturated carbocycles. The summed E-state index contributed by atoms with van der Waals surface area (Å²) in [7, 11) is 0. The standard InChI is InChI=1S/C7H6FNO2/c8-6-4-9(5-6)7(11)2-1-3-10/h3,6H,4-5H2. The fraction of sp³-hybridized carbons (Fsp3) is 0.429. The molecule has 0 N–H and O–H groups in total. The molecule has 4 heteroatoms. The number of carbonyl (C=O) groups excluding carboxylic acids is 2. The van der Waals surface area contributed by atoms with Crippen molar-refractivity contribution in [3.05, 3.63) is 0 Å². The van der Waals surface area contributed by atoms with Gasteiger partial charge in [-0.3, -0.25) is 9.59 Å². The molecule has 11 heavy (non-hydrogen) atoms. The van der Waals surface area contributed by atoms with E-state index in [4.69, 9.17) is 0 Å². The molecule has 1 heterocycles. The Morgan fingerprint density at radius 1 is 1.64 bits per heavy atom. The van der Waals surface area contributed by atoms with E-state index < -0.39 is 12.1 Å². The SMILES string of the molecule is O=CC#CC(=O)N1CC(F)C1. The topological polar surface area (TPSA) is 37.4 Å². The van der Waals surface area contributed by atoms with Crippen LogP contribution in [0.15, 0.2) is 0 Å². The van der Waals surface area contributed by atoms with Crippen molar-refractivity contribution in [2.24, 2.45) is 0 Å². The van der Waals surface area contributed by atoms with Gasteiger partial charge in [0.25, 0.3) is 5.91 Å². The zero-order chi connectivity index (χ0) is 8.27. The first kappa shape index (κ1) is 7.73. The van der Waals surface area contributed by atoms with Gasteiger partial charge >= 0.3 is 0 Å². The maximum absolute atomic E-state index is 12.1. The van der Waals surface area contributed by atoms with E-state index in [1.54, 1.807) is 0 Å². The van der Waals surface area contributed by atoms with Crippen LogP contribution in [0.2, 0.25) is 0 Å². The van der Waals surface area contributed by atoms with Crippen LogP contribution in [-0.4, -0.2) is 36.4 Å². The van der Waals surface area contributed by atoms with E-state index in [1.165, 1.54) is 4.90 Å². The molecular formula is C7H6FNO2. The van der Waals surface area contributed by atoms with Gasteiger partial charge in [0.1, 0.15) is 6.17 Å². The van der Waals surface area contributed by atoms with Crippen LogP contribution in [0.25, 0.3) is 0 Å². The molecule has 0 atom stereocenters. The van der Waals surface area contributed by atoms with Gasteiger partial charge in [-0.2, -0.15) is 0 Å². The summed E-state index contributed by atoms with van der Waals surface area (Å²) in [6.07, 6.45) is -0.582. The first-order valence-corrected chi connectivity index (χ1v) is 3.12. The molecule has 3 nitrogen and oxygen atoms in total. The summed E-state index contributed by atoms with van der Waals surface area (Å²) in [5.41, 5.74) is 0. The van der Waals surface area contributed by atoms with E-state index in [0.29, 0.717) is 6.29 Å². The average Bonchev–Trinajstić information content (AvgIpc) is 1.94. The van der Waals surface area contributed by atoms with E-state index >= 15 is 0 Å². The van der Waals surface area contributed by atoms with Gasteiger partial charge in [-0.15, -0.1) is 0 Å². The number of aldehydes is 1. The second-order valence-corrected chi connectivity index (χ2v) is 2.19. The Morgan fingerprint density at radius 3 is 2.73 bits per heavy atom. The number of amides is 1. The van der Waals surface area contributed by atoms with Crippen LogP contribution in [0.4, 0.5) is 4.39 Å². The summed E-state index contributed by atoms with van der Waals surface area (Å²) in [6, 6.07) is 0. The number of rotatable bonds is 0. The van der Waals surface area contributed by atoms with Gasteiger partial charge in [-0.25, -0.2) is 4.39 Å². The summed E-state index contributed by atoms with van der Waals surface area (Å²) >= 11 is 0. The lowest BCUT2D eigenvalue weighted by Crippen LogP contribution is -2.51. The number of carbonyl (C=O) groups is 2. The molecule has 0 radical (unpaired) electrons. The predicted molar refractivity (Wildman–Crippen MR) is 35.3 cm³/mol. The monoisotopic (exact) mass is 155 g/mol. The van der Waals surface area contributed by atoms with Gasteiger partial charge in [0.05, 0.1) is 13.1 Å². The fourth-order valence-corrected chi connectivity index (χ4v) is 0.761. The summed E-state index contributed by atoms with van der Waals surface area (Å²) < 4.78 is 12.1. The van der Waals surface area contributed by atoms with Gasteiger partial charge < -0.3 is 4.90 Å². The van der Waals surface area contributed by atoms with Crippen molar-refractivity contribution in [1.29, 1.82) is 0 Å². The molecule has 0 aromatic rings. The smallest absolute Gasteiger partial charge is 0.299 e. The predicted octanol–water partition coefficient (Wildman–Crippen LogP) is -0.631. The molecule has 1 rings (SSSR count). The highest BCUT2D eigenvalue weighted by molar-refractivity contribution is 5.97. The maximum atomic E-state index is 12.1. The fourth-order valence-electron chi connectivity index (χ4n) is 0.761. The van der Waals surface area contributed by atoms with Crippen molar-refractivity contribution in [3.63, 3.8) is 0 Å². The lowest BCUT2D eigenvalue weighted by Gasteiger charge is -2.32. The van der Waals surface area contributed by atoms with E-state index in [0.717, 1.165) is 0 Å². The van der Waals surface area contributed by atoms with Crippen molar-refractivity contribution >= 4 is 12.2 Å². The second kappa shape index (κ2) is 3.15. The third-order valence-electron chi connectivity index (χ3n) is 1.36. The van der Waals surface area contributed by atoms with Crippen molar-refractivity contribution in [3.8, 4) is 11.8 Å². The lowest BCUT2D eigenvalue weighted by atomic mass is 10.2. The van der Waals surface area contributed by atoms with E-state index in [9.17, 15) is 14.0 Å². The summed E-state index contributed by atoms with van der Waals surface area (Å²) in [5.74, 6) is 3.54. The number of hydrogen-bond donors (Lipinski definition) is 0. The van der Waals surface area contributed by atoms with Crippen molar-refractivity contribution in [1.82, 2.24) is 4.90 Å². The number of hydrogen-bond acceptors (Lipinski definition) is 2. The van der Waals surface area contributed by atoms with E-state index in [-0.39, 0.29) is 13.1 Å². The molecule has 1 fully saturated rings. The number of nitrogens with zero attached hydrogens (tertiary/aromatic N) is 1. The van der Waals surface area contributed by atoms with Gasteiger partial charge in [0.15, 0.2) is 6.29 Å². The highest BCUT2D eigenvalue weighted by Crippen LogP contribution is 2.10. The molecule has 0 spiro atoms. The third kappa shape index (κ3) is 1.77. The Morgan fingerprint density at radius 2 is 2.27 bits per heavy atom. The Hall–Kier alpha value is -1.37. The summed E-state index contributed by atoms with van der Waals surface area (Å²) in [6.45, 7) is 0.207. The zero-order valence-electron chi connectivity index (χ0n) is 5.71. The molecular weight excluding hydrogens is 149 g/mol. The van der Waals surface area contributed by atoms with Gasteiger partial charge in [-0.1, -0.05) is 0 Å². The molecule has 58 valence electrons. The minimum atomic E-state index is -0.919. The lowest BCUT2D eigenvalue weighted by molar-refractivity contribution is -0.131. The minimum Gasteiger partial charge on any atom is -0.326 e. The average molecular weight is 155 g/mol. The molecule has 0 unspecified atom stereocenters. The summed E-state index contributed by atoms with van der Waals surface area (Å²) in [4.78, 5) is 21.7. The quantitative estimate of drug-likeness (QED) is 0.345. The third-order valence-corrected chi connectivity index (χ3v) is 1.36. The highest BCUT2D eigenvalue weighted by atomic mass is 19.1. The van der Waals surface area contributed by atoms with Crippen molar-refractivity contribution in [2.75, 3.05) is 13.1 Å². The van der Waals surface area contributed by atoms with Crippen LogP contribution in [0.1, 0.15) is 0 Å². The molecule has 0 aliphatic carbocycles. The number of halogens is 1. The van der Waals surface area contributed by atoms with E-state index in [2.05, 4.69) is 5.92 Å². The molecule has 1 amide bonds. The van der Waals surface area contributed by atoms with Crippen LogP contribution in [-0.2, 0) is 9.59 Å². The van der Waals surface area contributed by atoms with Crippen LogP contribution < -0.4 is 0 Å². The Kier molecular flexibility index (Phi) is 2.21. The number of alkyl halides is 1. The molecule has 0 aromatic carbocycles. The number of likely N-dealkylation sites (tertiary alicyclic amines) is 1. The molecule has 1 aliphatic heterocycles.